The molecule has 0 radical (unpaired) electrons. The lowest BCUT2D eigenvalue weighted by Crippen LogP contribution is -2.45. The zero-order valence-corrected chi connectivity index (χ0v) is 15.0. The van der Waals surface area contributed by atoms with Crippen molar-refractivity contribution in [3.05, 3.63) is 48.0 Å². The molecule has 0 unspecified atom stereocenters. The Kier molecular flexibility index (Phi) is 7.15. The highest BCUT2D eigenvalue weighted by atomic mass is 19.1. The molecule has 1 aromatic rings. The molecule has 0 bridgehead atoms. The van der Waals surface area contributed by atoms with Gasteiger partial charge in [-0.3, -0.25) is 4.79 Å². The first-order chi connectivity index (χ1) is 12.4. The average Bonchev–Trinajstić information content (AvgIpc) is 3.04. The molecule has 142 valence electrons. The first kappa shape index (κ1) is 19.9. The number of alkyl carbamates (subject to hydrolysis) is 1. The van der Waals surface area contributed by atoms with Crippen LogP contribution in [0.4, 0.5) is 9.18 Å². The molecule has 26 heavy (non-hydrogen) atoms. The summed E-state index contributed by atoms with van der Waals surface area (Å²) in [6, 6.07) is 5.73. The summed E-state index contributed by atoms with van der Waals surface area (Å²) in [4.78, 5) is 26.4. The number of nitrogens with zero attached hydrogens (tertiary/aromatic N) is 1. The molecule has 1 aliphatic rings. The van der Waals surface area contributed by atoms with Crippen molar-refractivity contribution in [2.45, 2.75) is 44.7 Å². The van der Waals surface area contributed by atoms with Crippen LogP contribution < -0.4 is 11.1 Å². The highest BCUT2D eigenvalue weighted by molar-refractivity contribution is 5.78. The van der Waals surface area contributed by atoms with E-state index in [0.29, 0.717) is 18.7 Å². The Hall–Kier alpha value is -2.41. The molecule has 0 aliphatic carbocycles. The van der Waals surface area contributed by atoms with Crippen molar-refractivity contribution in [3.8, 4) is 0 Å². The van der Waals surface area contributed by atoms with E-state index in [4.69, 9.17) is 10.5 Å². The molecule has 0 aromatic heterocycles. The van der Waals surface area contributed by atoms with Gasteiger partial charge in [0, 0.05) is 31.6 Å². The van der Waals surface area contributed by atoms with Gasteiger partial charge >= 0.3 is 6.09 Å². The zero-order valence-electron chi connectivity index (χ0n) is 15.0. The maximum Gasteiger partial charge on any atom is 0.412 e. The number of amides is 2. The Labute approximate surface area is 153 Å². The van der Waals surface area contributed by atoms with Crippen molar-refractivity contribution in [1.82, 2.24) is 10.2 Å². The van der Waals surface area contributed by atoms with Crippen LogP contribution in [0, 0.1) is 5.82 Å². The fraction of sp³-hybridized carbons (Fsp3) is 0.474. The summed E-state index contributed by atoms with van der Waals surface area (Å²) >= 11 is 0. The molecule has 1 saturated heterocycles. The van der Waals surface area contributed by atoms with Crippen LogP contribution in [0.2, 0.25) is 0 Å². The van der Waals surface area contributed by atoms with E-state index in [9.17, 15) is 14.0 Å². The number of ether oxygens (including phenoxy) is 1. The smallest absolute Gasteiger partial charge is 0.412 e. The summed E-state index contributed by atoms with van der Waals surface area (Å²) in [6.07, 6.45) is 1.33. The van der Waals surface area contributed by atoms with Crippen molar-refractivity contribution in [2.24, 2.45) is 5.73 Å². The summed E-state index contributed by atoms with van der Waals surface area (Å²) in [5.41, 5.74) is 6.16. The van der Waals surface area contributed by atoms with Crippen LogP contribution in [-0.2, 0) is 16.0 Å². The molecule has 2 amide bonds. The van der Waals surface area contributed by atoms with Crippen molar-refractivity contribution >= 4 is 12.0 Å². The summed E-state index contributed by atoms with van der Waals surface area (Å²) in [5.74, 6) is -0.239. The maximum atomic E-state index is 14.0. The lowest BCUT2D eigenvalue weighted by atomic mass is 10.0. The highest BCUT2D eigenvalue weighted by Gasteiger charge is 2.30. The number of nitrogens with two attached hydrogens (primary N) is 1. The molecule has 0 saturated carbocycles. The van der Waals surface area contributed by atoms with Gasteiger partial charge in [0.05, 0.1) is 5.76 Å². The number of likely N-dealkylation sites (tertiary alicyclic amines) is 1. The molecular formula is C19H26FN3O3. The van der Waals surface area contributed by atoms with E-state index in [2.05, 4.69) is 11.9 Å². The Morgan fingerprint density at radius 1 is 1.46 bits per heavy atom. The van der Waals surface area contributed by atoms with Crippen LogP contribution in [0.15, 0.2) is 36.6 Å². The predicted molar refractivity (Wildman–Crippen MR) is 96.7 cm³/mol. The molecule has 1 heterocycles. The standard InChI is InChI=1S/C19H26FN3O3/c1-13(2)26-19(25)22-15(10-14-6-3-4-8-17(14)20)11-18(24)23-9-5-7-16(23)12-21/h3-4,6,8,15-16H,1,5,7,9-12,21H2,2H3,(H,22,25)/t15-,16+/m1/s1. The van der Waals surface area contributed by atoms with Crippen LogP contribution in [-0.4, -0.2) is 42.1 Å². The molecule has 1 aromatic carbocycles. The third-order valence-electron chi connectivity index (χ3n) is 4.40. The number of rotatable bonds is 7. The summed E-state index contributed by atoms with van der Waals surface area (Å²) in [6.45, 7) is 6.13. The van der Waals surface area contributed by atoms with Gasteiger partial charge in [-0.05, 0) is 37.8 Å². The second-order valence-electron chi connectivity index (χ2n) is 6.55. The second kappa shape index (κ2) is 9.33. The summed E-state index contributed by atoms with van der Waals surface area (Å²) in [5, 5.41) is 2.64. The maximum absolute atomic E-state index is 14.0. The fourth-order valence-electron chi connectivity index (χ4n) is 3.20. The van der Waals surface area contributed by atoms with Gasteiger partial charge in [0.15, 0.2) is 0 Å². The second-order valence-corrected chi connectivity index (χ2v) is 6.55. The number of hydrogen-bond acceptors (Lipinski definition) is 4. The topological polar surface area (TPSA) is 84.7 Å². The number of halogens is 1. The Morgan fingerprint density at radius 2 is 2.19 bits per heavy atom. The summed E-state index contributed by atoms with van der Waals surface area (Å²) in [7, 11) is 0. The number of benzene rings is 1. The zero-order chi connectivity index (χ0) is 19.1. The van der Waals surface area contributed by atoms with Gasteiger partial charge in [-0.15, -0.1) is 0 Å². The SMILES string of the molecule is C=C(C)OC(=O)N[C@@H](CC(=O)N1CCC[C@H]1CN)Cc1ccccc1F. The first-order valence-corrected chi connectivity index (χ1v) is 8.77. The largest absolute Gasteiger partial charge is 0.416 e. The minimum atomic E-state index is -0.705. The Balaban J connectivity index is 2.09. The third kappa shape index (κ3) is 5.56. The van der Waals surface area contributed by atoms with Gasteiger partial charge < -0.3 is 20.7 Å². The molecule has 3 N–H and O–H groups in total. The van der Waals surface area contributed by atoms with Crippen molar-refractivity contribution < 1.29 is 18.7 Å². The molecule has 2 atom stereocenters. The average molecular weight is 363 g/mol. The van der Waals surface area contributed by atoms with E-state index in [-0.39, 0.29) is 36.4 Å². The first-order valence-electron chi connectivity index (χ1n) is 8.77. The van der Waals surface area contributed by atoms with E-state index in [1.165, 1.54) is 6.07 Å². The van der Waals surface area contributed by atoms with E-state index < -0.39 is 12.1 Å². The van der Waals surface area contributed by atoms with Gasteiger partial charge in [-0.1, -0.05) is 24.8 Å². The number of hydrogen-bond donors (Lipinski definition) is 2. The predicted octanol–water partition coefficient (Wildman–Crippen LogP) is 2.34. The molecule has 0 spiro atoms. The van der Waals surface area contributed by atoms with Gasteiger partial charge in [-0.25, -0.2) is 9.18 Å². The van der Waals surface area contributed by atoms with E-state index in [0.717, 1.165) is 12.8 Å². The monoisotopic (exact) mass is 363 g/mol. The fourth-order valence-corrected chi connectivity index (χ4v) is 3.20. The molecule has 7 heteroatoms. The molecular weight excluding hydrogens is 337 g/mol. The van der Waals surface area contributed by atoms with Crippen molar-refractivity contribution in [3.63, 3.8) is 0 Å². The van der Waals surface area contributed by atoms with Crippen LogP contribution in [0.5, 0.6) is 0 Å². The lowest BCUT2D eigenvalue weighted by molar-refractivity contribution is -0.132. The number of carbonyl (C=O) groups excluding carboxylic acids is 2. The van der Waals surface area contributed by atoms with Gasteiger partial charge in [0.1, 0.15) is 5.82 Å². The van der Waals surface area contributed by atoms with Gasteiger partial charge in [0.25, 0.3) is 0 Å². The normalized spacial score (nSPS) is 17.7. The van der Waals surface area contributed by atoms with Crippen LogP contribution in [0.25, 0.3) is 0 Å². The minimum Gasteiger partial charge on any atom is -0.416 e. The quantitative estimate of drug-likeness (QED) is 0.728. The number of carbonyl (C=O) groups is 2. The lowest BCUT2D eigenvalue weighted by Gasteiger charge is -2.26. The Bertz CT molecular complexity index is 665. The minimum absolute atomic E-state index is 0.0268. The molecule has 1 aliphatic heterocycles. The molecule has 1 fully saturated rings. The van der Waals surface area contributed by atoms with E-state index >= 15 is 0 Å². The van der Waals surface area contributed by atoms with Crippen molar-refractivity contribution in [1.29, 1.82) is 0 Å². The number of nitrogens with one attached hydrogen (secondary N) is 1. The summed E-state index contributed by atoms with van der Waals surface area (Å²) < 4.78 is 18.9. The number of allylic oxidation sites excluding steroid dienone is 1. The van der Waals surface area contributed by atoms with Crippen LogP contribution in [0.3, 0.4) is 0 Å². The van der Waals surface area contributed by atoms with E-state index in [1.54, 1.807) is 30.0 Å². The third-order valence-corrected chi connectivity index (χ3v) is 4.40. The van der Waals surface area contributed by atoms with Crippen LogP contribution in [0.1, 0.15) is 31.7 Å². The molecule has 6 nitrogen and oxygen atoms in total. The van der Waals surface area contributed by atoms with Crippen molar-refractivity contribution in [2.75, 3.05) is 13.1 Å². The van der Waals surface area contributed by atoms with E-state index in [1.807, 2.05) is 0 Å². The Morgan fingerprint density at radius 3 is 2.85 bits per heavy atom. The molecule has 2 rings (SSSR count). The highest BCUT2D eigenvalue weighted by Crippen LogP contribution is 2.19. The van der Waals surface area contributed by atoms with Gasteiger partial charge in [-0.2, -0.15) is 0 Å². The van der Waals surface area contributed by atoms with Gasteiger partial charge in [0.2, 0.25) is 5.91 Å². The van der Waals surface area contributed by atoms with Crippen LogP contribution >= 0.6 is 0 Å².